The maximum Gasteiger partial charge on any atom is 0.411 e. The number of benzene rings is 1. The van der Waals surface area contributed by atoms with E-state index >= 15 is 0 Å². The molecule has 2 unspecified atom stereocenters. The number of hydrogen-bond donors (Lipinski definition) is 1. The minimum atomic E-state index is -0.984. The van der Waals surface area contributed by atoms with Crippen LogP contribution in [0.15, 0.2) is 30.3 Å². The molecule has 2 heterocycles. The smallest absolute Gasteiger partial charge is 0.411 e. The van der Waals surface area contributed by atoms with Crippen LogP contribution in [-0.2, 0) is 35.3 Å². The Kier molecular flexibility index (Phi) is 7.35. The van der Waals surface area contributed by atoms with Gasteiger partial charge >= 0.3 is 12.1 Å². The van der Waals surface area contributed by atoms with Gasteiger partial charge in [0.1, 0.15) is 18.2 Å². The minimum absolute atomic E-state index is 0.109. The summed E-state index contributed by atoms with van der Waals surface area (Å²) >= 11 is 0. The van der Waals surface area contributed by atoms with E-state index in [9.17, 15) is 24.0 Å². The van der Waals surface area contributed by atoms with E-state index in [1.165, 1.54) is 23.6 Å². The predicted octanol–water partition coefficient (Wildman–Crippen LogP) is 1.01. The number of ketones is 1. The van der Waals surface area contributed by atoms with Crippen LogP contribution in [-0.4, -0.2) is 70.7 Å². The van der Waals surface area contributed by atoms with Crippen molar-refractivity contribution >= 4 is 29.7 Å². The summed E-state index contributed by atoms with van der Waals surface area (Å²) in [5.74, 6) is -3.01. The SMILES string of the molecule is CC(=O)O[C@H](C)C(CC(=O)CN1CC2(CCCN2C(=O)OCc2ccccc2)C1=O)C(N)=O. The van der Waals surface area contributed by atoms with Crippen LogP contribution in [0, 0.1) is 5.92 Å². The zero-order valence-corrected chi connectivity index (χ0v) is 18.8. The fourth-order valence-electron chi connectivity index (χ4n) is 4.48. The predicted molar refractivity (Wildman–Crippen MR) is 115 cm³/mol. The summed E-state index contributed by atoms with van der Waals surface area (Å²) in [6.07, 6.45) is -0.488. The Balaban J connectivity index is 1.55. The van der Waals surface area contributed by atoms with Gasteiger partial charge in [0.2, 0.25) is 5.91 Å². The monoisotopic (exact) mass is 459 g/mol. The molecule has 178 valence electrons. The molecule has 0 aromatic heterocycles. The van der Waals surface area contributed by atoms with Crippen molar-refractivity contribution < 1.29 is 33.4 Å². The summed E-state index contributed by atoms with van der Waals surface area (Å²) in [5, 5.41) is 0. The van der Waals surface area contributed by atoms with E-state index in [1.807, 2.05) is 30.3 Å². The summed E-state index contributed by atoms with van der Waals surface area (Å²) in [5.41, 5.74) is 5.22. The summed E-state index contributed by atoms with van der Waals surface area (Å²) in [7, 11) is 0. The molecule has 0 saturated carbocycles. The lowest BCUT2D eigenvalue weighted by Crippen LogP contribution is -2.73. The van der Waals surface area contributed by atoms with Crippen LogP contribution in [0.3, 0.4) is 0 Å². The van der Waals surface area contributed by atoms with Gasteiger partial charge in [-0.25, -0.2) is 4.79 Å². The summed E-state index contributed by atoms with van der Waals surface area (Å²) in [6.45, 7) is 3.23. The average molecular weight is 459 g/mol. The normalized spacial score (nSPS) is 21.3. The first kappa shape index (κ1) is 24.2. The van der Waals surface area contributed by atoms with Crippen molar-refractivity contribution in [2.75, 3.05) is 19.6 Å². The molecule has 0 aliphatic carbocycles. The minimum Gasteiger partial charge on any atom is -0.462 e. The molecule has 10 nitrogen and oxygen atoms in total. The molecule has 3 rings (SSSR count). The Morgan fingerprint density at radius 2 is 1.88 bits per heavy atom. The van der Waals surface area contributed by atoms with Gasteiger partial charge in [-0.05, 0) is 25.3 Å². The van der Waals surface area contributed by atoms with E-state index in [4.69, 9.17) is 15.2 Å². The first-order valence-corrected chi connectivity index (χ1v) is 10.9. The molecule has 10 heteroatoms. The van der Waals surface area contributed by atoms with E-state index in [0.29, 0.717) is 19.4 Å². The zero-order chi connectivity index (χ0) is 24.2. The van der Waals surface area contributed by atoms with Gasteiger partial charge in [0, 0.05) is 19.9 Å². The summed E-state index contributed by atoms with van der Waals surface area (Å²) in [6, 6.07) is 9.25. The lowest BCUT2D eigenvalue weighted by Gasteiger charge is -2.50. The third-order valence-electron chi connectivity index (χ3n) is 6.15. The van der Waals surface area contributed by atoms with Gasteiger partial charge in [0.05, 0.1) is 19.0 Å². The van der Waals surface area contributed by atoms with E-state index in [2.05, 4.69) is 0 Å². The standard InChI is InChI=1S/C23H29N3O7/c1-15(33-16(2)27)19(20(24)29)11-18(28)12-25-14-23(21(25)30)9-6-10-26(23)22(31)32-13-17-7-4-3-5-8-17/h3-5,7-8,15,19H,6,9-14H2,1-2H3,(H2,24,29)/t15-,19?,23?/m1/s1. The largest absolute Gasteiger partial charge is 0.462 e. The molecule has 3 atom stereocenters. The van der Waals surface area contributed by atoms with E-state index in [1.54, 1.807) is 0 Å². The molecule has 2 aliphatic heterocycles. The Bertz CT molecular complexity index is 935. The van der Waals surface area contributed by atoms with Crippen LogP contribution >= 0.6 is 0 Å². The number of β-lactam (4-membered cyclic amide) rings is 1. The maximum atomic E-state index is 13.0. The van der Waals surface area contributed by atoms with Crippen molar-refractivity contribution in [3.05, 3.63) is 35.9 Å². The molecule has 33 heavy (non-hydrogen) atoms. The highest BCUT2D eigenvalue weighted by atomic mass is 16.6. The van der Waals surface area contributed by atoms with Crippen LogP contribution in [0.4, 0.5) is 4.79 Å². The maximum absolute atomic E-state index is 13.0. The van der Waals surface area contributed by atoms with Gasteiger partial charge in [0.25, 0.3) is 5.91 Å². The second-order valence-electron chi connectivity index (χ2n) is 8.55. The Morgan fingerprint density at radius 3 is 2.48 bits per heavy atom. The number of primary amides is 1. The van der Waals surface area contributed by atoms with Crippen molar-refractivity contribution in [2.24, 2.45) is 11.7 Å². The number of rotatable bonds is 9. The van der Waals surface area contributed by atoms with Gasteiger partial charge in [-0.15, -0.1) is 0 Å². The van der Waals surface area contributed by atoms with Crippen molar-refractivity contribution in [2.45, 2.75) is 51.4 Å². The van der Waals surface area contributed by atoms with Gasteiger partial charge < -0.3 is 20.1 Å². The second kappa shape index (κ2) is 10.0. The van der Waals surface area contributed by atoms with E-state index in [0.717, 1.165) is 5.56 Å². The van der Waals surface area contributed by atoms with Crippen molar-refractivity contribution in [1.82, 2.24) is 9.80 Å². The quantitative estimate of drug-likeness (QED) is 0.430. The zero-order valence-electron chi connectivity index (χ0n) is 18.8. The number of Topliss-reactive ketones (excluding diaryl/α,β-unsaturated/α-hetero) is 1. The van der Waals surface area contributed by atoms with Crippen LogP contribution in [0.5, 0.6) is 0 Å². The molecule has 3 amide bonds. The number of nitrogens with two attached hydrogens (primary N) is 1. The number of ether oxygens (including phenoxy) is 2. The Hall–Kier alpha value is -3.43. The molecule has 0 radical (unpaired) electrons. The Morgan fingerprint density at radius 1 is 1.18 bits per heavy atom. The molecular formula is C23H29N3O7. The van der Waals surface area contributed by atoms with Gasteiger partial charge in [0.15, 0.2) is 5.78 Å². The van der Waals surface area contributed by atoms with Crippen LogP contribution < -0.4 is 5.73 Å². The highest BCUT2D eigenvalue weighted by Gasteiger charge is 2.60. The first-order valence-electron chi connectivity index (χ1n) is 10.9. The molecular weight excluding hydrogens is 430 g/mol. The molecule has 2 fully saturated rings. The third-order valence-corrected chi connectivity index (χ3v) is 6.15. The fraction of sp³-hybridized carbons (Fsp3) is 0.522. The molecule has 2 saturated heterocycles. The van der Waals surface area contributed by atoms with Crippen molar-refractivity contribution in [1.29, 1.82) is 0 Å². The molecule has 1 aromatic carbocycles. The number of nitrogens with zero attached hydrogens (tertiary/aromatic N) is 2. The third kappa shape index (κ3) is 5.32. The summed E-state index contributed by atoms with van der Waals surface area (Å²) < 4.78 is 10.4. The van der Waals surface area contributed by atoms with Gasteiger partial charge in [-0.3, -0.25) is 24.1 Å². The summed E-state index contributed by atoms with van der Waals surface area (Å²) in [4.78, 5) is 63.8. The fourth-order valence-corrected chi connectivity index (χ4v) is 4.48. The lowest BCUT2D eigenvalue weighted by atomic mass is 9.85. The average Bonchev–Trinajstić information content (AvgIpc) is 3.22. The molecule has 2 N–H and O–H groups in total. The molecule has 1 aromatic rings. The Labute approximate surface area is 192 Å². The van der Waals surface area contributed by atoms with Gasteiger partial charge in [-0.2, -0.15) is 0 Å². The van der Waals surface area contributed by atoms with Crippen LogP contribution in [0.2, 0.25) is 0 Å². The van der Waals surface area contributed by atoms with E-state index < -0.39 is 35.5 Å². The lowest BCUT2D eigenvalue weighted by molar-refractivity contribution is -0.162. The highest BCUT2D eigenvalue weighted by Crippen LogP contribution is 2.39. The number of hydrogen-bond acceptors (Lipinski definition) is 7. The number of carbonyl (C=O) groups excluding carboxylic acids is 5. The van der Waals surface area contributed by atoms with Crippen LogP contribution in [0.1, 0.15) is 38.7 Å². The molecule has 1 spiro atoms. The van der Waals surface area contributed by atoms with Gasteiger partial charge in [-0.1, -0.05) is 30.3 Å². The van der Waals surface area contributed by atoms with Crippen molar-refractivity contribution in [3.63, 3.8) is 0 Å². The second-order valence-corrected chi connectivity index (χ2v) is 8.55. The first-order chi connectivity index (χ1) is 15.6. The number of amides is 3. The van der Waals surface area contributed by atoms with Crippen molar-refractivity contribution in [3.8, 4) is 0 Å². The molecule has 2 aliphatic rings. The van der Waals surface area contributed by atoms with E-state index in [-0.39, 0.29) is 37.8 Å². The topological polar surface area (TPSA) is 136 Å². The number of likely N-dealkylation sites (tertiary alicyclic amines) is 2. The number of esters is 1. The molecule has 0 bridgehead atoms. The van der Waals surface area contributed by atoms with Crippen LogP contribution in [0.25, 0.3) is 0 Å². The number of carbonyl (C=O) groups is 5. The highest BCUT2D eigenvalue weighted by molar-refractivity contribution is 5.99.